The predicted octanol–water partition coefficient (Wildman–Crippen LogP) is 3.26. The quantitative estimate of drug-likeness (QED) is 0.906. The Hall–Kier alpha value is -2.36. The van der Waals surface area contributed by atoms with Crippen LogP contribution in [0.5, 0.6) is 0 Å². The van der Waals surface area contributed by atoms with Crippen LogP contribution in [-0.2, 0) is 10.3 Å². The van der Waals surface area contributed by atoms with Crippen molar-refractivity contribution >= 4 is 11.6 Å². The van der Waals surface area contributed by atoms with Crippen LogP contribution in [0.1, 0.15) is 23.6 Å². The number of benzene rings is 2. The molecule has 4 heteroatoms. The fraction of sp³-hybridized carbons (Fsp3) is 0.235. The van der Waals surface area contributed by atoms with Gasteiger partial charge in [-0.05, 0) is 44.0 Å². The first-order valence-electron chi connectivity index (χ1n) is 6.75. The Morgan fingerprint density at radius 2 is 1.86 bits per heavy atom. The van der Waals surface area contributed by atoms with Crippen molar-refractivity contribution in [2.24, 2.45) is 5.73 Å². The number of halogens is 1. The highest BCUT2D eigenvalue weighted by molar-refractivity contribution is 5.89. The van der Waals surface area contributed by atoms with E-state index in [1.807, 2.05) is 32.0 Å². The fourth-order valence-corrected chi connectivity index (χ4v) is 2.47. The third-order valence-corrected chi connectivity index (χ3v) is 3.67. The molecule has 0 aliphatic rings. The van der Waals surface area contributed by atoms with Crippen LogP contribution in [0.15, 0.2) is 42.5 Å². The number of rotatable bonds is 4. The van der Waals surface area contributed by atoms with E-state index in [4.69, 9.17) is 5.73 Å². The van der Waals surface area contributed by atoms with Gasteiger partial charge in [0.15, 0.2) is 0 Å². The maximum Gasteiger partial charge on any atom is 0.247 e. The third kappa shape index (κ3) is 2.89. The summed E-state index contributed by atoms with van der Waals surface area (Å²) in [4.78, 5) is 12.0. The lowest BCUT2D eigenvalue weighted by molar-refractivity contribution is -0.122. The zero-order valence-corrected chi connectivity index (χ0v) is 12.4. The summed E-state index contributed by atoms with van der Waals surface area (Å²) in [7, 11) is 0. The van der Waals surface area contributed by atoms with Gasteiger partial charge in [-0.2, -0.15) is 0 Å². The average molecular weight is 286 g/mol. The van der Waals surface area contributed by atoms with Gasteiger partial charge in [-0.15, -0.1) is 0 Å². The molecule has 3 N–H and O–H groups in total. The molecule has 0 aliphatic carbocycles. The molecule has 2 rings (SSSR count). The Bertz CT molecular complexity index is 684. The molecule has 2 aromatic rings. The number of hydrogen-bond acceptors (Lipinski definition) is 2. The van der Waals surface area contributed by atoms with Gasteiger partial charge < -0.3 is 11.1 Å². The molecule has 0 heterocycles. The summed E-state index contributed by atoms with van der Waals surface area (Å²) in [6, 6.07) is 12.0. The lowest BCUT2D eigenvalue weighted by Crippen LogP contribution is -2.45. The van der Waals surface area contributed by atoms with Crippen molar-refractivity contribution < 1.29 is 9.18 Å². The Balaban J connectivity index is 2.51. The van der Waals surface area contributed by atoms with E-state index in [0.717, 1.165) is 16.7 Å². The molecule has 0 radical (unpaired) electrons. The molecule has 0 saturated carbocycles. The molecular formula is C17H19FN2O. The lowest BCUT2D eigenvalue weighted by atomic mass is 9.86. The van der Waals surface area contributed by atoms with Crippen molar-refractivity contribution in [1.29, 1.82) is 0 Å². The molecule has 0 aliphatic heterocycles. The van der Waals surface area contributed by atoms with E-state index in [2.05, 4.69) is 5.32 Å². The van der Waals surface area contributed by atoms with E-state index in [0.29, 0.717) is 0 Å². The molecule has 1 atom stereocenters. The highest BCUT2D eigenvalue weighted by atomic mass is 19.1. The first-order chi connectivity index (χ1) is 9.84. The molecule has 1 unspecified atom stereocenters. The molecule has 0 spiro atoms. The number of hydrogen-bond donors (Lipinski definition) is 2. The fourth-order valence-electron chi connectivity index (χ4n) is 2.47. The predicted molar refractivity (Wildman–Crippen MR) is 82.5 cm³/mol. The number of nitrogens with one attached hydrogen (secondary N) is 1. The van der Waals surface area contributed by atoms with Gasteiger partial charge in [0.05, 0.1) is 5.69 Å². The van der Waals surface area contributed by atoms with E-state index < -0.39 is 17.3 Å². The molecule has 2 aromatic carbocycles. The molecule has 3 nitrogen and oxygen atoms in total. The second-order valence-electron chi connectivity index (χ2n) is 5.41. The number of aryl methyl sites for hydroxylation is 2. The van der Waals surface area contributed by atoms with Crippen molar-refractivity contribution in [1.82, 2.24) is 0 Å². The highest BCUT2D eigenvalue weighted by Crippen LogP contribution is 2.30. The minimum atomic E-state index is -1.18. The summed E-state index contributed by atoms with van der Waals surface area (Å²) in [5, 5.41) is 2.95. The molecule has 21 heavy (non-hydrogen) atoms. The lowest BCUT2D eigenvalue weighted by Gasteiger charge is -2.31. The van der Waals surface area contributed by atoms with Crippen molar-refractivity contribution in [2.75, 3.05) is 5.32 Å². The number of para-hydroxylation sites is 1. The third-order valence-electron chi connectivity index (χ3n) is 3.67. The van der Waals surface area contributed by atoms with Crippen LogP contribution in [0.3, 0.4) is 0 Å². The normalized spacial score (nSPS) is 13.5. The van der Waals surface area contributed by atoms with Gasteiger partial charge in [0.25, 0.3) is 0 Å². The number of amides is 1. The number of nitrogens with two attached hydrogens (primary N) is 1. The summed E-state index contributed by atoms with van der Waals surface area (Å²) in [5.74, 6) is -0.979. The SMILES string of the molecule is Cc1ccc(C(C)(Nc2ccccc2F)C(N)=O)c(C)c1. The summed E-state index contributed by atoms with van der Waals surface area (Å²) in [6.07, 6.45) is 0. The molecule has 0 bridgehead atoms. The number of carbonyl (C=O) groups is 1. The first kappa shape index (κ1) is 15.0. The van der Waals surface area contributed by atoms with Crippen LogP contribution in [0.2, 0.25) is 0 Å². The van der Waals surface area contributed by atoms with Gasteiger partial charge in [-0.3, -0.25) is 4.79 Å². The molecular weight excluding hydrogens is 267 g/mol. The van der Waals surface area contributed by atoms with Gasteiger partial charge in [-0.1, -0.05) is 35.9 Å². The Morgan fingerprint density at radius 3 is 2.43 bits per heavy atom. The molecule has 110 valence electrons. The van der Waals surface area contributed by atoms with Crippen LogP contribution >= 0.6 is 0 Å². The zero-order chi connectivity index (χ0) is 15.6. The molecule has 1 amide bonds. The van der Waals surface area contributed by atoms with Crippen molar-refractivity contribution in [3.8, 4) is 0 Å². The largest absolute Gasteiger partial charge is 0.367 e. The summed E-state index contributed by atoms with van der Waals surface area (Å²) < 4.78 is 13.8. The Labute approximate surface area is 124 Å². The van der Waals surface area contributed by atoms with Crippen LogP contribution in [-0.4, -0.2) is 5.91 Å². The van der Waals surface area contributed by atoms with Crippen molar-refractivity contribution in [2.45, 2.75) is 26.3 Å². The van der Waals surface area contributed by atoms with Crippen molar-refractivity contribution in [3.05, 3.63) is 65.0 Å². The average Bonchev–Trinajstić information content (AvgIpc) is 2.41. The smallest absolute Gasteiger partial charge is 0.247 e. The highest BCUT2D eigenvalue weighted by Gasteiger charge is 2.35. The summed E-state index contributed by atoms with van der Waals surface area (Å²) in [6.45, 7) is 5.55. The molecule has 0 saturated heterocycles. The number of primary amides is 1. The van der Waals surface area contributed by atoms with Crippen LogP contribution in [0, 0.1) is 19.7 Å². The van der Waals surface area contributed by atoms with Crippen molar-refractivity contribution in [3.63, 3.8) is 0 Å². The maximum absolute atomic E-state index is 13.8. The van der Waals surface area contributed by atoms with Gasteiger partial charge in [-0.25, -0.2) is 4.39 Å². The van der Waals surface area contributed by atoms with Crippen LogP contribution in [0.25, 0.3) is 0 Å². The maximum atomic E-state index is 13.8. The summed E-state index contributed by atoms with van der Waals surface area (Å²) in [5.41, 5.74) is 7.41. The van der Waals surface area contributed by atoms with Crippen LogP contribution in [0.4, 0.5) is 10.1 Å². The minimum absolute atomic E-state index is 0.249. The monoisotopic (exact) mass is 286 g/mol. The Morgan fingerprint density at radius 1 is 1.19 bits per heavy atom. The number of anilines is 1. The van der Waals surface area contributed by atoms with Crippen LogP contribution < -0.4 is 11.1 Å². The second kappa shape index (κ2) is 5.56. The zero-order valence-electron chi connectivity index (χ0n) is 12.4. The van der Waals surface area contributed by atoms with Gasteiger partial charge >= 0.3 is 0 Å². The van der Waals surface area contributed by atoms with E-state index >= 15 is 0 Å². The second-order valence-corrected chi connectivity index (χ2v) is 5.41. The minimum Gasteiger partial charge on any atom is -0.367 e. The number of carbonyl (C=O) groups excluding carboxylic acids is 1. The summed E-state index contributed by atoms with van der Waals surface area (Å²) >= 11 is 0. The Kier molecular flexibility index (Phi) is 3.98. The van der Waals surface area contributed by atoms with E-state index in [1.54, 1.807) is 25.1 Å². The van der Waals surface area contributed by atoms with E-state index in [-0.39, 0.29) is 5.69 Å². The van der Waals surface area contributed by atoms with Gasteiger partial charge in [0.1, 0.15) is 11.4 Å². The van der Waals surface area contributed by atoms with Gasteiger partial charge in [0.2, 0.25) is 5.91 Å². The topological polar surface area (TPSA) is 55.1 Å². The van der Waals surface area contributed by atoms with E-state index in [9.17, 15) is 9.18 Å². The van der Waals surface area contributed by atoms with E-state index in [1.165, 1.54) is 6.07 Å². The molecule has 0 aromatic heterocycles. The van der Waals surface area contributed by atoms with Gasteiger partial charge in [0, 0.05) is 0 Å². The first-order valence-corrected chi connectivity index (χ1v) is 6.75. The molecule has 0 fully saturated rings. The standard InChI is InChI=1S/C17H19FN2O/c1-11-8-9-13(12(2)10-11)17(3,16(19)21)20-15-7-5-4-6-14(15)18/h4-10,20H,1-3H3,(H2,19,21).